The molecule has 2 atom stereocenters. The van der Waals surface area contributed by atoms with E-state index >= 15 is 0 Å². The molecular weight excluding hydrogens is 277 g/mol. The van der Waals surface area contributed by atoms with Gasteiger partial charge in [-0.25, -0.2) is 4.39 Å². The van der Waals surface area contributed by atoms with Gasteiger partial charge in [0.15, 0.2) is 0 Å². The molecule has 0 spiro atoms. The topological polar surface area (TPSA) is 46.2 Å². The maximum absolute atomic E-state index is 13.6. The fourth-order valence-corrected chi connectivity index (χ4v) is 2.31. The summed E-state index contributed by atoms with van der Waals surface area (Å²) in [6, 6.07) is 11.9. The first-order valence-electron chi connectivity index (χ1n) is 6.42. The van der Waals surface area contributed by atoms with E-state index in [-0.39, 0.29) is 18.3 Å². The number of hydrogen-bond acceptors (Lipinski definition) is 2. The van der Waals surface area contributed by atoms with Gasteiger partial charge >= 0.3 is 0 Å². The van der Waals surface area contributed by atoms with E-state index in [4.69, 9.17) is 17.3 Å². The summed E-state index contributed by atoms with van der Waals surface area (Å²) < 4.78 is 13.6. The van der Waals surface area contributed by atoms with Crippen LogP contribution in [-0.4, -0.2) is 11.7 Å². The summed E-state index contributed by atoms with van der Waals surface area (Å²) in [4.78, 5) is 0. The van der Waals surface area contributed by atoms with Gasteiger partial charge in [-0.15, -0.1) is 0 Å². The SMILES string of the molecule is Cc1ccc(C(O)C(CN)c2ccc(Cl)cc2)cc1F. The molecule has 0 aliphatic rings. The summed E-state index contributed by atoms with van der Waals surface area (Å²) in [6.07, 6.45) is -0.851. The molecule has 4 heteroatoms. The third-order valence-corrected chi connectivity index (χ3v) is 3.72. The third kappa shape index (κ3) is 3.18. The highest BCUT2D eigenvalue weighted by atomic mass is 35.5. The predicted octanol–water partition coefficient (Wildman–Crippen LogP) is 3.56. The van der Waals surface area contributed by atoms with Crippen LogP contribution in [0, 0.1) is 12.7 Å². The lowest BCUT2D eigenvalue weighted by Crippen LogP contribution is -2.20. The van der Waals surface area contributed by atoms with Crippen LogP contribution in [0.2, 0.25) is 5.02 Å². The lowest BCUT2D eigenvalue weighted by molar-refractivity contribution is 0.147. The Hall–Kier alpha value is -1.42. The van der Waals surface area contributed by atoms with Gasteiger partial charge in [-0.3, -0.25) is 0 Å². The molecule has 0 radical (unpaired) electrons. The lowest BCUT2D eigenvalue weighted by Gasteiger charge is -2.22. The molecule has 106 valence electrons. The van der Waals surface area contributed by atoms with Crippen molar-refractivity contribution in [3.8, 4) is 0 Å². The number of aliphatic hydroxyl groups is 1. The highest BCUT2D eigenvalue weighted by molar-refractivity contribution is 6.30. The number of aryl methyl sites for hydroxylation is 1. The Bertz CT molecular complexity index is 586. The Morgan fingerprint density at radius 2 is 1.75 bits per heavy atom. The average Bonchev–Trinajstić information content (AvgIpc) is 2.44. The van der Waals surface area contributed by atoms with Crippen LogP contribution in [0.1, 0.15) is 28.7 Å². The highest BCUT2D eigenvalue weighted by Gasteiger charge is 2.22. The zero-order valence-electron chi connectivity index (χ0n) is 11.2. The molecule has 0 aliphatic carbocycles. The predicted molar refractivity (Wildman–Crippen MR) is 79.3 cm³/mol. The van der Waals surface area contributed by atoms with Crippen LogP contribution in [0.25, 0.3) is 0 Å². The molecule has 2 aromatic carbocycles. The van der Waals surface area contributed by atoms with E-state index in [1.165, 1.54) is 6.07 Å². The van der Waals surface area contributed by atoms with Crippen LogP contribution >= 0.6 is 11.6 Å². The van der Waals surface area contributed by atoms with Crippen molar-refractivity contribution in [2.75, 3.05) is 6.54 Å². The zero-order valence-corrected chi connectivity index (χ0v) is 11.9. The fraction of sp³-hybridized carbons (Fsp3) is 0.250. The quantitative estimate of drug-likeness (QED) is 0.905. The average molecular weight is 294 g/mol. The Kier molecular flexibility index (Phi) is 4.76. The van der Waals surface area contributed by atoms with Gasteiger partial charge in [0.1, 0.15) is 5.82 Å². The minimum atomic E-state index is -0.851. The Labute approximate surface area is 123 Å². The molecule has 0 saturated carbocycles. The minimum absolute atomic E-state index is 0.262. The van der Waals surface area contributed by atoms with Crippen molar-refractivity contribution in [1.82, 2.24) is 0 Å². The van der Waals surface area contributed by atoms with E-state index in [0.29, 0.717) is 16.1 Å². The van der Waals surface area contributed by atoms with Gasteiger partial charge < -0.3 is 10.8 Å². The first kappa shape index (κ1) is 15.0. The molecule has 3 N–H and O–H groups in total. The zero-order chi connectivity index (χ0) is 14.7. The second-order valence-corrected chi connectivity index (χ2v) is 5.28. The van der Waals surface area contributed by atoms with E-state index in [9.17, 15) is 9.50 Å². The van der Waals surface area contributed by atoms with Crippen molar-refractivity contribution in [1.29, 1.82) is 0 Å². The van der Waals surface area contributed by atoms with Crippen molar-refractivity contribution >= 4 is 11.6 Å². The number of nitrogens with two attached hydrogens (primary N) is 1. The largest absolute Gasteiger partial charge is 0.388 e. The second kappa shape index (κ2) is 6.35. The first-order chi connectivity index (χ1) is 9.52. The van der Waals surface area contributed by atoms with E-state index < -0.39 is 6.10 Å². The van der Waals surface area contributed by atoms with Crippen LogP contribution in [0.4, 0.5) is 4.39 Å². The van der Waals surface area contributed by atoms with Crippen LogP contribution in [0.5, 0.6) is 0 Å². The molecular formula is C16H17ClFNO. The monoisotopic (exact) mass is 293 g/mol. The standard InChI is InChI=1S/C16H17ClFNO/c1-10-2-3-12(8-15(10)18)16(20)14(9-19)11-4-6-13(17)7-5-11/h2-8,14,16,20H,9,19H2,1H3. The summed E-state index contributed by atoms with van der Waals surface area (Å²) in [5.74, 6) is -0.622. The van der Waals surface area contributed by atoms with E-state index in [0.717, 1.165) is 5.56 Å². The van der Waals surface area contributed by atoms with Gasteiger partial charge in [0, 0.05) is 17.5 Å². The smallest absolute Gasteiger partial charge is 0.126 e. The number of benzene rings is 2. The summed E-state index contributed by atoms with van der Waals surface area (Å²) in [7, 11) is 0. The van der Waals surface area contributed by atoms with Gasteiger partial charge in [0.2, 0.25) is 0 Å². The van der Waals surface area contributed by atoms with Crippen molar-refractivity contribution in [2.45, 2.75) is 18.9 Å². The number of hydrogen-bond donors (Lipinski definition) is 2. The normalized spacial score (nSPS) is 14.1. The Morgan fingerprint density at radius 3 is 2.30 bits per heavy atom. The molecule has 20 heavy (non-hydrogen) atoms. The third-order valence-electron chi connectivity index (χ3n) is 3.47. The van der Waals surface area contributed by atoms with Crippen molar-refractivity contribution in [3.05, 3.63) is 70.0 Å². The number of rotatable bonds is 4. The van der Waals surface area contributed by atoms with Gasteiger partial charge in [-0.05, 0) is 41.8 Å². The molecule has 2 aromatic rings. The van der Waals surface area contributed by atoms with Crippen molar-refractivity contribution in [3.63, 3.8) is 0 Å². The number of aliphatic hydroxyl groups excluding tert-OH is 1. The maximum atomic E-state index is 13.6. The van der Waals surface area contributed by atoms with E-state index in [2.05, 4.69) is 0 Å². The molecule has 0 amide bonds. The van der Waals surface area contributed by atoms with Crippen LogP contribution in [0.15, 0.2) is 42.5 Å². The molecule has 0 fully saturated rings. The molecule has 2 nitrogen and oxygen atoms in total. The Morgan fingerprint density at radius 1 is 1.15 bits per heavy atom. The van der Waals surface area contributed by atoms with Crippen LogP contribution < -0.4 is 5.73 Å². The lowest BCUT2D eigenvalue weighted by atomic mass is 9.89. The molecule has 0 bridgehead atoms. The van der Waals surface area contributed by atoms with Crippen LogP contribution in [0.3, 0.4) is 0 Å². The van der Waals surface area contributed by atoms with E-state index in [1.807, 2.05) is 12.1 Å². The summed E-state index contributed by atoms with van der Waals surface area (Å²) >= 11 is 5.85. The molecule has 2 rings (SSSR count). The fourth-order valence-electron chi connectivity index (χ4n) is 2.18. The molecule has 0 aliphatic heterocycles. The van der Waals surface area contributed by atoms with E-state index in [1.54, 1.807) is 31.2 Å². The highest BCUT2D eigenvalue weighted by Crippen LogP contribution is 2.31. The van der Waals surface area contributed by atoms with Gasteiger partial charge in [0.05, 0.1) is 6.10 Å². The second-order valence-electron chi connectivity index (χ2n) is 4.85. The minimum Gasteiger partial charge on any atom is -0.388 e. The summed E-state index contributed by atoms with van der Waals surface area (Å²) in [5, 5.41) is 11.1. The summed E-state index contributed by atoms with van der Waals surface area (Å²) in [6.45, 7) is 1.95. The number of halogens is 2. The maximum Gasteiger partial charge on any atom is 0.126 e. The molecule has 2 unspecified atom stereocenters. The van der Waals surface area contributed by atoms with Crippen molar-refractivity contribution < 1.29 is 9.50 Å². The van der Waals surface area contributed by atoms with Gasteiger partial charge in [-0.2, -0.15) is 0 Å². The molecule has 0 heterocycles. The Balaban J connectivity index is 2.30. The first-order valence-corrected chi connectivity index (χ1v) is 6.80. The van der Waals surface area contributed by atoms with Crippen LogP contribution in [-0.2, 0) is 0 Å². The molecule has 0 saturated heterocycles. The molecule has 0 aromatic heterocycles. The van der Waals surface area contributed by atoms with Gasteiger partial charge in [-0.1, -0.05) is 35.9 Å². The van der Waals surface area contributed by atoms with Crippen molar-refractivity contribution in [2.24, 2.45) is 5.73 Å². The van der Waals surface area contributed by atoms with Gasteiger partial charge in [0.25, 0.3) is 0 Å². The summed E-state index contributed by atoms with van der Waals surface area (Å²) in [5.41, 5.74) is 7.72.